The smallest absolute Gasteiger partial charge is 0.00266 e. The van der Waals surface area contributed by atoms with Crippen LogP contribution in [0.5, 0.6) is 0 Å². The molecule has 5 rings (SSSR count). The Labute approximate surface area is 178 Å². The van der Waals surface area contributed by atoms with E-state index in [-0.39, 0.29) is 5.41 Å². The SMILES string of the molecule is CC(C)(C)c1ccc(/C=C/c2ccc3ccc4ccc5ccccc5c4c3c2)cc1. The van der Waals surface area contributed by atoms with Crippen molar-refractivity contribution in [3.8, 4) is 0 Å². The van der Waals surface area contributed by atoms with Crippen molar-refractivity contribution < 1.29 is 0 Å². The molecule has 0 N–H and O–H groups in total. The molecule has 0 unspecified atom stereocenters. The van der Waals surface area contributed by atoms with Crippen LogP contribution in [0.3, 0.4) is 0 Å². The molecule has 0 aromatic heterocycles. The minimum absolute atomic E-state index is 0.185. The molecule has 5 aromatic rings. The molecule has 0 radical (unpaired) electrons. The van der Waals surface area contributed by atoms with Gasteiger partial charge in [-0.15, -0.1) is 0 Å². The van der Waals surface area contributed by atoms with Gasteiger partial charge in [-0.3, -0.25) is 0 Å². The van der Waals surface area contributed by atoms with Crippen molar-refractivity contribution in [2.24, 2.45) is 0 Å². The summed E-state index contributed by atoms with van der Waals surface area (Å²) in [6, 6.07) is 33.2. The van der Waals surface area contributed by atoms with Crippen LogP contribution in [0.4, 0.5) is 0 Å². The molecular formula is C30H26. The molecule has 0 amide bonds. The number of fused-ring (bicyclic) bond motifs is 5. The van der Waals surface area contributed by atoms with Gasteiger partial charge in [-0.25, -0.2) is 0 Å². The van der Waals surface area contributed by atoms with E-state index in [1.165, 1.54) is 49.0 Å². The highest BCUT2D eigenvalue weighted by atomic mass is 14.2. The van der Waals surface area contributed by atoms with Crippen molar-refractivity contribution in [3.63, 3.8) is 0 Å². The van der Waals surface area contributed by atoms with E-state index >= 15 is 0 Å². The summed E-state index contributed by atoms with van der Waals surface area (Å²) in [6.45, 7) is 6.75. The van der Waals surface area contributed by atoms with Gasteiger partial charge < -0.3 is 0 Å². The quantitative estimate of drug-likeness (QED) is 0.210. The molecule has 5 aromatic carbocycles. The zero-order valence-corrected chi connectivity index (χ0v) is 17.8. The van der Waals surface area contributed by atoms with Gasteiger partial charge in [-0.2, -0.15) is 0 Å². The maximum Gasteiger partial charge on any atom is -0.00266 e. The van der Waals surface area contributed by atoms with Crippen LogP contribution in [0.1, 0.15) is 37.5 Å². The third-order valence-corrected chi connectivity index (χ3v) is 6.00. The molecule has 0 atom stereocenters. The summed E-state index contributed by atoms with van der Waals surface area (Å²) in [5.41, 5.74) is 4.00. The van der Waals surface area contributed by atoms with Crippen LogP contribution in [0.2, 0.25) is 0 Å². The first-order valence-electron chi connectivity index (χ1n) is 10.6. The van der Waals surface area contributed by atoms with E-state index in [0.29, 0.717) is 0 Å². The number of hydrogen-bond acceptors (Lipinski definition) is 0. The summed E-state index contributed by atoms with van der Waals surface area (Å²) >= 11 is 0. The van der Waals surface area contributed by atoms with E-state index in [9.17, 15) is 0 Å². The fourth-order valence-electron chi connectivity index (χ4n) is 4.23. The number of rotatable bonds is 2. The lowest BCUT2D eigenvalue weighted by atomic mass is 9.87. The van der Waals surface area contributed by atoms with E-state index < -0.39 is 0 Å². The normalized spacial score (nSPS) is 12.4. The highest BCUT2D eigenvalue weighted by Gasteiger charge is 2.12. The molecule has 0 heteroatoms. The maximum atomic E-state index is 2.32. The van der Waals surface area contributed by atoms with Crippen LogP contribution in [-0.2, 0) is 5.41 Å². The Bertz CT molecular complexity index is 1390. The van der Waals surface area contributed by atoms with Gasteiger partial charge in [-0.1, -0.05) is 118 Å². The monoisotopic (exact) mass is 386 g/mol. The topological polar surface area (TPSA) is 0 Å². The Hall–Kier alpha value is -3.38. The van der Waals surface area contributed by atoms with Crippen LogP contribution < -0.4 is 0 Å². The van der Waals surface area contributed by atoms with Gasteiger partial charge in [0.25, 0.3) is 0 Å². The average molecular weight is 387 g/mol. The molecule has 0 nitrogen and oxygen atoms in total. The van der Waals surface area contributed by atoms with Gasteiger partial charge in [0.05, 0.1) is 0 Å². The van der Waals surface area contributed by atoms with E-state index in [2.05, 4.69) is 124 Å². The molecule has 30 heavy (non-hydrogen) atoms. The van der Waals surface area contributed by atoms with Crippen LogP contribution in [0, 0.1) is 0 Å². The Morgan fingerprint density at radius 1 is 0.533 bits per heavy atom. The largest absolute Gasteiger partial charge is 0.0616 e. The van der Waals surface area contributed by atoms with Crippen LogP contribution in [0.15, 0.2) is 91.0 Å². The van der Waals surface area contributed by atoms with Gasteiger partial charge in [0.2, 0.25) is 0 Å². The summed E-state index contributed by atoms with van der Waals surface area (Å²) < 4.78 is 0. The van der Waals surface area contributed by atoms with Crippen molar-refractivity contribution in [2.45, 2.75) is 26.2 Å². The molecule has 0 aliphatic heterocycles. The first kappa shape index (κ1) is 18.6. The highest BCUT2D eigenvalue weighted by Crippen LogP contribution is 2.33. The Morgan fingerprint density at radius 2 is 1.10 bits per heavy atom. The fourth-order valence-corrected chi connectivity index (χ4v) is 4.23. The maximum absolute atomic E-state index is 2.32. The molecule has 146 valence electrons. The van der Waals surface area contributed by atoms with Crippen LogP contribution in [0.25, 0.3) is 44.5 Å². The second-order valence-corrected chi connectivity index (χ2v) is 9.14. The van der Waals surface area contributed by atoms with Crippen molar-refractivity contribution in [3.05, 3.63) is 108 Å². The molecule has 0 spiro atoms. The first-order valence-corrected chi connectivity index (χ1v) is 10.6. The summed E-state index contributed by atoms with van der Waals surface area (Å²) in [7, 11) is 0. The van der Waals surface area contributed by atoms with E-state index in [1.54, 1.807) is 0 Å². The van der Waals surface area contributed by atoms with Gasteiger partial charge >= 0.3 is 0 Å². The van der Waals surface area contributed by atoms with Gasteiger partial charge in [0.1, 0.15) is 0 Å². The summed E-state index contributed by atoms with van der Waals surface area (Å²) in [5, 5.41) is 7.84. The van der Waals surface area contributed by atoms with Crippen molar-refractivity contribution >= 4 is 44.5 Å². The van der Waals surface area contributed by atoms with Crippen LogP contribution in [-0.4, -0.2) is 0 Å². The number of benzene rings is 5. The molecule has 0 saturated heterocycles. The first-order chi connectivity index (χ1) is 14.5. The molecule has 0 heterocycles. The zero-order chi connectivity index (χ0) is 20.7. The Kier molecular flexibility index (Phi) is 4.44. The van der Waals surface area contributed by atoms with Gasteiger partial charge in [0.15, 0.2) is 0 Å². The molecule has 0 aliphatic rings. The molecular weight excluding hydrogens is 360 g/mol. The lowest BCUT2D eigenvalue weighted by Crippen LogP contribution is -2.10. The summed E-state index contributed by atoms with van der Waals surface area (Å²) in [4.78, 5) is 0. The third-order valence-electron chi connectivity index (χ3n) is 6.00. The van der Waals surface area contributed by atoms with E-state index in [1.807, 2.05) is 0 Å². The van der Waals surface area contributed by atoms with E-state index in [0.717, 1.165) is 0 Å². The fraction of sp³-hybridized carbons (Fsp3) is 0.133. The second kappa shape index (κ2) is 7.15. The Balaban J connectivity index is 1.59. The molecule has 0 aliphatic carbocycles. The molecule has 0 saturated carbocycles. The predicted octanol–water partition coefficient (Wildman–Crippen LogP) is 8.61. The molecule has 0 fully saturated rings. The minimum Gasteiger partial charge on any atom is -0.0616 e. The zero-order valence-electron chi connectivity index (χ0n) is 17.8. The lowest BCUT2D eigenvalue weighted by molar-refractivity contribution is 0.590. The van der Waals surface area contributed by atoms with Gasteiger partial charge in [0, 0.05) is 0 Å². The predicted molar refractivity (Wildman–Crippen MR) is 133 cm³/mol. The summed E-state index contributed by atoms with van der Waals surface area (Å²) in [6.07, 6.45) is 4.42. The highest BCUT2D eigenvalue weighted by molar-refractivity contribution is 6.20. The van der Waals surface area contributed by atoms with E-state index in [4.69, 9.17) is 0 Å². The van der Waals surface area contributed by atoms with Crippen molar-refractivity contribution in [1.82, 2.24) is 0 Å². The third kappa shape index (κ3) is 3.39. The average Bonchev–Trinajstić information content (AvgIpc) is 2.76. The second-order valence-electron chi connectivity index (χ2n) is 9.14. The number of hydrogen-bond donors (Lipinski definition) is 0. The van der Waals surface area contributed by atoms with Gasteiger partial charge in [-0.05, 0) is 60.5 Å². The van der Waals surface area contributed by atoms with Crippen molar-refractivity contribution in [1.29, 1.82) is 0 Å². The van der Waals surface area contributed by atoms with Crippen molar-refractivity contribution in [2.75, 3.05) is 0 Å². The Morgan fingerprint density at radius 3 is 1.83 bits per heavy atom. The standard InChI is InChI=1S/C30H26/c1-30(2,3)26-18-11-21(12-19-26)8-9-22-10-13-24-15-17-25-16-14-23-6-4-5-7-27(23)29(25)28(24)20-22/h4-20H,1-3H3/b9-8+. The molecule has 0 bridgehead atoms. The minimum atomic E-state index is 0.185. The lowest BCUT2D eigenvalue weighted by Gasteiger charge is -2.18. The summed E-state index contributed by atoms with van der Waals surface area (Å²) in [5.74, 6) is 0. The van der Waals surface area contributed by atoms with Crippen LogP contribution >= 0.6 is 0 Å².